The Morgan fingerprint density at radius 2 is 1.58 bits per heavy atom. The molecular formula is C17H19Cl2N2O2S+. The topological polar surface area (TPSA) is 41.8 Å². The standard InChI is InChI=1S/C17H18Cl2N2O2S/c18-15-5-7-16(8-6-15)24(22,23)21-11-9-20(10-12-21)13-14-3-1-2-4-17(14)19/h1-8H,9-13H2/p+1. The van der Waals surface area contributed by atoms with Crippen LogP contribution in [0.5, 0.6) is 0 Å². The molecule has 0 aromatic heterocycles. The van der Waals surface area contributed by atoms with Crippen molar-refractivity contribution in [2.75, 3.05) is 26.2 Å². The summed E-state index contributed by atoms with van der Waals surface area (Å²) in [7, 11) is -3.45. The first-order chi connectivity index (χ1) is 11.5. The summed E-state index contributed by atoms with van der Waals surface area (Å²) in [6.45, 7) is 3.35. The van der Waals surface area contributed by atoms with Gasteiger partial charge in [0.25, 0.3) is 0 Å². The molecule has 3 rings (SSSR count). The van der Waals surface area contributed by atoms with Crippen molar-refractivity contribution in [3.63, 3.8) is 0 Å². The van der Waals surface area contributed by atoms with Gasteiger partial charge in [0.15, 0.2) is 0 Å². The highest BCUT2D eigenvalue weighted by Crippen LogP contribution is 2.18. The van der Waals surface area contributed by atoms with Gasteiger partial charge < -0.3 is 4.90 Å². The first kappa shape index (κ1) is 17.7. The maximum Gasteiger partial charge on any atom is 0.243 e. The first-order valence-electron chi connectivity index (χ1n) is 7.79. The van der Waals surface area contributed by atoms with E-state index in [0.717, 1.165) is 30.2 Å². The van der Waals surface area contributed by atoms with Crippen LogP contribution < -0.4 is 4.90 Å². The molecule has 0 unspecified atom stereocenters. The molecule has 1 fully saturated rings. The molecule has 1 heterocycles. The van der Waals surface area contributed by atoms with E-state index in [1.165, 1.54) is 4.90 Å². The molecular weight excluding hydrogens is 367 g/mol. The largest absolute Gasteiger partial charge is 0.329 e. The average Bonchev–Trinajstić information content (AvgIpc) is 2.58. The van der Waals surface area contributed by atoms with Crippen molar-refractivity contribution in [3.05, 3.63) is 64.1 Å². The Morgan fingerprint density at radius 3 is 2.21 bits per heavy atom. The molecule has 0 aliphatic carbocycles. The van der Waals surface area contributed by atoms with Gasteiger partial charge in [-0.2, -0.15) is 4.31 Å². The molecule has 0 amide bonds. The van der Waals surface area contributed by atoms with Gasteiger partial charge in [0.05, 0.1) is 31.1 Å². The predicted octanol–water partition coefficient (Wildman–Crippen LogP) is 2.08. The number of rotatable bonds is 4. The lowest BCUT2D eigenvalue weighted by atomic mass is 10.2. The van der Waals surface area contributed by atoms with Crippen molar-refractivity contribution in [1.29, 1.82) is 0 Å². The molecule has 2 aromatic rings. The lowest BCUT2D eigenvalue weighted by Gasteiger charge is -2.31. The minimum absolute atomic E-state index is 0.293. The monoisotopic (exact) mass is 385 g/mol. The van der Waals surface area contributed by atoms with E-state index in [1.807, 2.05) is 24.3 Å². The van der Waals surface area contributed by atoms with E-state index in [9.17, 15) is 8.42 Å². The Labute approximate surface area is 152 Å². The number of hydrogen-bond acceptors (Lipinski definition) is 2. The van der Waals surface area contributed by atoms with Gasteiger partial charge in [-0.3, -0.25) is 0 Å². The lowest BCUT2D eigenvalue weighted by molar-refractivity contribution is -0.917. The Morgan fingerprint density at radius 1 is 0.958 bits per heavy atom. The van der Waals surface area contributed by atoms with Crippen LogP contribution in [0, 0.1) is 0 Å². The first-order valence-corrected chi connectivity index (χ1v) is 9.99. The van der Waals surface area contributed by atoms with Gasteiger partial charge in [-0.1, -0.05) is 41.4 Å². The van der Waals surface area contributed by atoms with E-state index in [0.29, 0.717) is 23.0 Å². The lowest BCUT2D eigenvalue weighted by Crippen LogP contribution is -3.13. The number of quaternary nitrogens is 1. The molecule has 7 heteroatoms. The summed E-state index contributed by atoms with van der Waals surface area (Å²) in [4.78, 5) is 1.63. The van der Waals surface area contributed by atoms with Gasteiger partial charge in [-0.05, 0) is 30.3 Å². The van der Waals surface area contributed by atoms with Crippen molar-refractivity contribution < 1.29 is 13.3 Å². The van der Waals surface area contributed by atoms with Crippen LogP contribution in [0.3, 0.4) is 0 Å². The van der Waals surface area contributed by atoms with E-state index in [4.69, 9.17) is 23.2 Å². The summed E-state index contributed by atoms with van der Waals surface area (Å²) in [5.41, 5.74) is 1.10. The SMILES string of the molecule is O=S(=O)(c1ccc(Cl)cc1)N1CC[NH+](Cc2ccccc2Cl)CC1. The predicted molar refractivity (Wildman–Crippen MR) is 96.1 cm³/mol. The zero-order valence-electron chi connectivity index (χ0n) is 13.1. The van der Waals surface area contributed by atoms with Gasteiger partial charge in [-0.25, -0.2) is 8.42 Å². The van der Waals surface area contributed by atoms with Crippen LogP contribution >= 0.6 is 23.2 Å². The normalized spacial score (nSPS) is 17.1. The second-order valence-corrected chi connectivity index (χ2v) is 8.66. The van der Waals surface area contributed by atoms with Gasteiger partial charge in [0.2, 0.25) is 10.0 Å². The van der Waals surface area contributed by atoms with Gasteiger partial charge >= 0.3 is 0 Å². The highest BCUT2D eigenvalue weighted by atomic mass is 35.5. The van der Waals surface area contributed by atoms with E-state index < -0.39 is 10.0 Å². The Bertz CT molecular complexity index is 802. The molecule has 128 valence electrons. The van der Waals surface area contributed by atoms with Gasteiger partial charge in [0, 0.05) is 15.6 Å². The fourth-order valence-corrected chi connectivity index (χ4v) is 4.66. The van der Waals surface area contributed by atoms with Crippen LogP contribution in [0.4, 0.5) is 0 Å². The van der Waals surface area contributed by atoms with Crippen LogP contribution in [-0.2, 0) is 16.6 Å². The molecule has 4 nitrogen and oxygen atoms in total. The third kappa shape index (κ3) is 3.92. The van der Waals surface area contributed by atoms with Crippen LogP contribution in [0.25, 0.3) is 0 Å². The fourth-order valence-electron chi connectivity index (χ4n) is 2.89. The molecule has 1 aliphatic rings. The highest BCUT2D eigenvalue weighted by molar-refractivity contribution is 7.89. The Balaban J connectivity index is 1.64. The summed E-state index contributed by atoms with van der Waals surface area (Å²) in [6.07, 6.45) is 0. The smallest absolute Gasteiger partial charge is 0.243 e. The number of sulfonamides is 1. The second kappa shape index (κ2) is 7.42. The second-order valence-electron chi connectivity index (χ2n) is 5.88. The molecule has 1 aliphatic heterocycles. The quantitative estimate of drug-likeness (QED) is 0.875. The highest BCUT2D eigenvalue weighted by Gasteiger charge is 2.30. The molecule has 1 N–H and O–H groups in total. The molecule has 0 atom stereocenters. The number of halogens is 2. The van der Waals surface area contributed by atoms with Crippen molar-refractivity contribution in [1.82, 2.24) is 4.31 Å². The number of nitrogens with one attached hydrogen (secondary N) is 1. The van der Waals surface area contributed by atoms with E-state index in [1.54, 1.807) is 28.6 Å². The third-order valence-electron chi connectivity index (χ3n) is 4.28. The number of nitrogens with zero attached hydrogens (tertiary/aromatic N) is 1. The third-order valence-corrected chi connectivity index (χ3v) is 6.81. The molecule has 0 saturated carbocycles. The number of benzene rings is 2. The summed E-state index contributed by atoms with van der Waals surface area (Å²) < 4.78 is 26.9. The Hall–Kier alpha value is -1.11. The van der Waals surface area contributed by atoms with Crippen LogP contribution in [0.1, 0.15) is 5.56 Å². The Kier molecular flexibility index (Phi) is 5.47. The zero-order chi connectivity index (χ0) is 17.2. The molecule has 1 saturated heterocycles. The summed E-state index contributed by atoms with van der Waals surface area (Å²) in [6, 6.07) is 14.1. The number of piperazine rings is 1. The van der Waals surface area contributed by atoms with Crippen LogP contribution in [-0.4, -0.2) is 38.9 Å². The van der Waals surface area contributed by atoms with E-state index in [-0.39, 0.29) is 0 Å². The molecule has 24 heavy (non-hydrogen) atoms. The van der Waals surface area contributed by atoms with Crippen molar-refractivity contribution in [2.24, 2.45) is 0 Å². The molecule has 0 radical (unpaired) electrons. The minimum Gasteiger partial charge on any atom is -0.329 e. The van der Waals surface area contributed by atoms with Crippen LogP contribution in [0.15, 0.2) is 53.4 Å². The summed E-state index contributed by atoms with van der Waals surface area (Å²) >= 11 is 12.0. The van der Waals surface area contributed by atoms with Crippen molar-refractivity contribution in [2.45, 2.75) is 11.4 Å². The van der Waals surface area contributed by atoms with Crippen molar-refractivity contribution >= 4 is 33.2 Å². The zero-order valence-corrected chi connectivity index (χ0v) is 15.4. The fraction of sp³-hybridized carbons (Fsp3) is 0.294. The summed E-state index contributed by atoms with van der Waals surface area (Å²) in [5.74, 6) is 0. The maximum atomic E-state index is 12.7. The van der Waals surface area contributed by atoms with Gasteiger partial charge in [-0.15, -0.1) is 0 Å². The number of hydrogen-bond donors (Lipinski definition) is 1. The summed E-state index contributed by atoms with van der Waals surface area (Å²) in [5, 5.41) is 1.30. The maximum absolute atomic E-state index is 12.7. The average molecular weight is 386 g/mol. The van der Waals surface area contributed by atoms with Gasteiger partial charge in [0.1, 0.15) is 6.54 Å². The van der Waals surface area contributed by atoms with E-state index in [2.05, 4.69) is 0 Å². The van der Waals surface area contributed by atoms with Crippen molar-refractivity contribution in [3.8, 4) is 0 Å². The molecule has 0 bridgehead atoms. The molecule has 2 aromatic carbocycles. The van der Waals surface area contributed by atoms with E-state index >= 15 is 0 Å². The minimum atomic E-state index is -3.45. The molecule has 0 spiro atoms. The van der Waals surface area contributed by atoms with Crippen LogP contribution in [0.2, 0.25) is 10.0 Å².